The quantitative estimate of drug-likeness (QED) is 0.325. The zero-order valence-corrected chi connectivity index (χ0v) is 18.9. The molecule has 2 aromatic rings. The lowest BCUT2D eigenvalue weighted by Crippen LogP contribution is -2.05. The number of thiophene rings is 1. The summed E-state index contributed by atoms with van der Waals surface area (Å²) in [7, 11) is 2.89. The lowest BCUT2D eigenvalue weighted by Gasteiger charge is -2.10. The van der Waals surface area contributed by atoms with Crippen LogP contribution in [0.5, 0.6) is 11.5 Å². The lowest BCUT2D eigenvalue weighted by atomic mass is 10.0. The molecule has 0 radical (unpaired) electrons. The van der Waals surface area contributed by atoms with Crippen LogP contribution in [-0.4, -0.2) is 32.6 Å². The maximum atomic E-state index is 12.8. The van der Waals surface area contributed by atoms with Crippen molar-refractivity contribution in [1.29, 1.82) is 10.5 Å². The predicted molar refractivity (Wildman–Crippen MR) is 117 cm³/mol. The SMILES string of the molecule is CCOC(=O)c1sc(CC(=O)/C(C#N)=C/c2cc(Cl)c(OC)c(OC)c2)c(C#N)c1C. The molecule has 9 heteroatoms. The first kappa shape index (κ1) is 23.9. The number of rotatable bonds is 8. The Hall–Kier alpha value is -3.33. The second-order valence-corrected chi connectivity index (χ2v) is 7.71. The third kappa shape index (κ3) is 5.24. The zero-order chi connectivity index (χ0) is 23.1. The minimum Gasteiger partial charge on any atom is -0.493 e. The van der Waals surface area contributed by atoms with Gasteiger partial charge in [0.15, 0.2) is 17.3 Å². The average Bonchev–Trinajstić information content (AvgIpc) is 3.06. The molecule has 160 valence electrons. The molecule has 0 amide bonds. The average molecular weight is 459 g/mol. The molecule has 7 nitrogen and oxygen atoms in total. The van der Waals surface area contributed by atoms with Gasteiger partial charge in [-0.2, -0.15) is 10.5 Å². The van der Waals surface area contributed by atoms with Gasteiger partial charge in [0.1, 0.15) is 17.0 Å². The van der Waals surface area contributed by atoms with Crippen LogP contribution in [0.1, 0.15) is 38.2 Å². The zero-order valence-electron chi connectivity index (χ0n) is 17.4. The van der Waals surface area contributed by atoms with Gasteiger partial charge in [-0.3, -0.25) is 4.79 Å². The number of ketones is 1. The molecule has 0 spiro atoms. The van der Waals surface area contributed by atoms with Gasteiger partial charge in [-0.25, -0.2) is 4.79 Å². The van der Waals surface area contributed by atoms with Gasteiger partial charge >= 0.3 is 5.97 Å². The molecule has 31 heavy (non-hydrogen) atoms. The summed E-state index contributed by atoms with van der Waals surface area (Å²) >= 11 is 7.21. The third-order valence-corrected chi connectivity index (χ3v) is 5.85. The van der Waals surface area contributed by atoms with Gasteiger partial charge in [-0.15, -0.1) is 11.3 Å². The van der Waals surface area contributed by atoms with E-state index < -0.39 is 11.8 Å². The minimum atomic E-state index is -0.545. The molecule has 0 aliphatic heterocycles. The summed E-state index contributed by atoms with van der Waals surface area (Å²) in [6.07, 6.45) is 1.18. The highest BCUT2D eigenvalue weighted by atomic mass is 35.5. The number of halogens is 1. The highest BCUT2D eigenvalue weighted by Crippen LogP contribution is 2.36. The summed E-state index contributed by atoms with van der Waals surface area (Å²) in [6, 6.07) is 7.04. The van der Waals surface area contributed by atoms with Crippen LogP contribution in [0, 0.1) is 29.6 Å². The van der Waals surface area contributed by atoms with Crippen LogP contribution in [0.2, 0.25) is 5.02 Å². The number of esters is 1. The Labute approximate surface area is 189 Å². The molecule has 0 saturated carbocycles. The smallest absolute Gasteiger partial charge is 0.348 e. The van der Waals surface area contributed by atoms with E-state index >= 15 is 0 Å². The number of hydrogen-bond donors (Lipinski definition) is 0. The molecule has 1 aromatic carbocycles. The Kier molecular flexibility index (Phi) is 8.21. The highest BCUT2D eigenvalue weighted by Gasteiger charge is 2.23. The number of Topliss-reactive ketones (excluding diaryl/α,β-unsaturated/α-hetero) is 1. The maximum Gasteiger partial charge on any atom is 0.348 e. The largest absolute Gasteiger partial charge is 0.493 e. The minimum absolute atomic E-state index is 0.129. The van der Waals surface area contributed by atoms with Crippen LogP contribution < -0.4 is 9.47 Å². The van der Waals surface area contributed by atoms with E-state index in [9.17, 15) is 20.1 Å². The van der Waals surface area contributed by atoms with Crippen LogP contribution in [0.25, 0.3) is 6.08 Å². The summed E-state index contributed by atoms with van der Waals surface area (Å²) in [5, 5.41) is 19.3. The number of ether oxygens (including phenoxy) is 3. The Balaban J connectivity index is 2.40. The number of benzene rings is 1. The molecule has 0 atom stereocenters. The first-order valence-electron chi connectivity index (χ1n) is 9.07. The topological polar surface area (TPSA) is 109 Å². The number of carbonyl (C=O) groups excluding carboxylic acids is 2. The monoisotopic (exact) mass is 458 g/mol. The molecule has 0 N–H and O–H groups in total. The van der Waals surface area contributed by atoms with Crippen molar-refractivity contribution in [2.24, 2.45) is 0 Å². The van der Waals surface area contributed by atoms with Crippen molar-refractivity contribution in [3.8, 4) is 23.6 Å². The summed E-state index contributed by atoms with van der Waals surface area (Å²) < 4.78 is 15.4. The van der Waals surface area contributed by atoms with E-state index in [1.165, 1.54) is 20.3 Å². The fraction of sp³-hybridized carbons (Fsp3) is 0.273. The second-order valence-electron chi connectivity index (χ2n) is 6.19. The number of methoxy groups -OCH3 is 2. The van der Waals surface area contributed by atoms with Crippen molar-refractivity contribution in [3.05, 3.63) is 49.2 Å². The first-order valence-corrected chi connectivity index (χ1v) is 10.3. The normalized spacial score (nSPS) is 10.7. The number of nitriles is 2. The molecule has 0 bridgehead atoms. The molecule has 1 heterocycles. The standard InChI is InChI=1S/C22H19ClN2O5S/c1-5-30-22(27)21-12(2)15(11-25)19(31-21)9-17(26)14(10-24)6-13-7-16(23)20(29-4)18(8-13)28-3/h6-8H,5,9H2,1-4H3/b14-6+. The van der Waals surface area contributed by atoms with Crippen molar-refractivity contribution in [2.75, 3.05) is 20.8 Å². The third-order valence-electron chi connectivity index (χ3n) is 4.30. The van der Waals surface area contributed by atoms with E-state index in [4.69, 9.17) is 25.8 Å². The van der Waals surface area contributed by atoms with Crippen LogP contribution in [0.3, 0.4) is 0 Å². The lowest BCUT2D eigenvalue weighted by molar-refractivity contribution is -0.114. The van der Waals surface area contributed by atoms with Crippen LogP contribution in [0.15, 0.2) is 17.7 Å². The molecule has 0 unspecified atom stereocenters. The van der Waals surface area contributed by atoms with E-state index in [1.807, 2.05) is 12.1 Å². The second kappa shape index (κ2) is 10.6. The van der Waals surface area contributed by atoms with Gasteiger partial charge < -0.3 is 14.2 Å². The Bertz CT molecular complexity index is 1140. The van der Waals surface area contributed by atoms with Gasteiger partial charge in [0.2, 0.25) is 0 Å². The molecule has 0 aliphatic rings. The van der Waals surface area contributed by atoms with Crippen LogP contribution in [-0.2, 0) is 16.0 Å². The van der Waals surface area contributed by atoms with Gasteiger partial charge in [0.05, 0.1) is 37.0 Å². The molecular formula is C22H19ClN2O5S. The maximum absolute atomic E-state index is 12.8. The molecule has 1 aromatic heterocycles. The van der Waals surface area contributed by atoms with Gasteiger partial charge in [0, 0.05) is 11.3 Å². The molecule has 0 fully saturated rings. The summed E-state index contributed by atoms with van der Waals surface area (Å²) in [6.45, 7) is 3.50. The van der Waals surface area contributed by atoms with Crippen LogP contribution >= 0.6 is 22.9 Å². The van der Waals surface area contributed by atoms with Crippen molar-refractivity contribution in [1.82, 2.24) is 0 Å². The molecule has 0 saturated heterocycles. The molecule has 2 rings (SSSR count). The number of carbonyl (C=O) groups is 2. The van der Waals surface area contributed by atoms with Crippen molar-refractivity contribution >= 4 is 40.8 Å². The Morgan fingerprint density at radius 2 is 1.94 bits per heavy atom. The Morgan fingerprint density at radius 3 is 2.48 bits per heavy atom. The van der Waals surface area contributed by atoms with Crippen molar-refractivity contribution < 1.29 is 23.8 Å². The van der Waals surface area contributed by atoms with Crippen molar-refractivity contribution in [2.45, 2.75) is 20.3 Å². The fourth-order valence-corrected chi connectivity index (χ4v) is 4.28. The number of allylic oxidation sites excluding steroid dienone is 1. The van der Waals surface area contributed by atoms with Crippen LogP contribution in [0.4, 0.5) is 0 Å². The van der Waals surface area contributed by atoms with E-state index in [2.05, 4.69) is 0 Å². The summed E-state index contributed by atoms with van der Waals surface area (Å²) in [4.78, 5) is 25.6. The highest BCUT2D eigenvalue weighted by molar-refractivity contribution is 7.14. The fourth-order valence-electron chi connectivity index (χ4n) is 2.84. The summed E-state index contributed by atoms with van der Waals surface area (Å²) in [5.74, 6) is -0.353. The van der Waals surface area contributed by atoms with Gasteiger partial charge in [-0.1, -0.05) is 11.6 Å². The van der Waals surface area contributed by atoms with Crippen molar-refractivity contribution in [3.63, 3.8) is 0 Å². The molecule has 0 aliphatic carbocycles. The number of hydrogen-bond acceptors (Lipinski definition) is 8. The van der Waals surface area contributed by atoms with E-state index in [0.29, 0.717) is 27.5 Å². The van der Waals surface area contributed by atoms with E-state index in [1.54, 1.807) is 26.0 Å². The summed E-state index contributed by atoms with van der Waals surface area (Å²) in [5.41, 5.74) is 1.05. The van der Waals surface area contributed by atoms with E-state index in [0.717, 1.165) is 11.3 Å². The predicted octanol–water partition coefficient (Wildman–Crippen LogP) is 4.49. The van der Waals surface area contributed by atoms with Gasteiger partial charge in [-0.05, 0) is 43.2 Å². The van der Waals surface area contributed by atoms with Gasteiger partial charge in [0.25, 0.3) is 0 Å². The Morgan fingerprint density at radius 1 is 1.23 bits per heavy atom. The number of nitrogens with zero attached hydrogens (tertiary/aromatic N) is 2. The molecular weight excluding hydrogens is 440 g/mol. The first-order chi connectivity index (χ1) is 14.8. The van der Waals surface area contributed by atoms with E-state index in [-0.39, 0.29) is 34.1 Å².